The van der Waals surface area contributed by atoms with Crippen molar-refractivity contribution in [2.75, 3.05) is 0 Å². The molecule has 2 N–H and O–H groups in total. The summed E-state index contributed by atoms with van der Waals surface area (Å²) in [6.45, 7) is 6.07. The van der Waals surface area contributed by atoms with Gasteiger partial charge in [0, 0.05) is 0 Å². The van der Waals surface area contributed by atoms with Crippen molar-refractivity contribution < 1.29 is 4.79 Å². The van der Waals surface area contributed by atoms with Gasteiger partial charge in [-0.05, 0) is 11.0 Å². The molecule has 0 aromatic heterocycles. The highest BCUT2D eigenvalue weighted by Crippen LogP contribution is 2.34. The van der Waals surface area contributed by atoms with Crippen LogP contribution in [0.3, 0.4) is 0 Å². The Kier molecular flexibility index (Phi) is 2.94. The van der Waals surface area contributed by atoms with Gasteiger partial charge in [0.05, 0.1) is 5.92 Å². The highest BCUT2D eigenvalue weighted by Gasteiger charge is 2.30. The molecule has 1 rings (SSSR count). The molecule has 0 radical (unpaired) electrons. The van der Waals surface area contributed by atoms with Crippen molar-refractivity contribution >= 4 is 5.91 Å². The molecule has 1 aromatic rings. The maximum Gasteiger partial charge on any atom is 0.225 e. The number of hydrogen-bond acceptors (Lipinski definition) is 1. The first kappa shape index (κ1) is 10.8. The molecule has 0 aliphatic rings. The van der Waals surface area contributed by atoms with E-state index in [9.17, 15) is 4.79 Å². The van der Waals surface area contributed by atoms with E-state index in [1.807, 2.05) is 51.1 Å². The summed E-state index contributed by atoms with van der Waals surface area (Å²) >= 11 is 0. The van der Waals surface area contributed by atoms with Gasteiger partial charge in [-0.3, -0.25) is 4.79 Å². The summed E-state index contributed by atoms with van der Waals surface area (Å²) in [6, 6.07) is 9.68. The standard InChI is InChI=1S/C12H17NO/c1-12(2,3)10(11(13)14)9-7-5-4-6-8-9/h4-8,10H,1-3H3,(H2,13,14). The lowest BCUT2D eigenvalue weighted by Crippen LogP contribution is -2.31. The molecule has 1 amide bonds. The van der Waals surface area contributed by atoms with Crippen molar-refractivity contribution in [3.8, 4) is 0 Å². The maximum atomic E-state index is 11.4. The Morgan fingerprint density at radius 1 is 1.21 bits per heavy atom. The van der Waals surface area contributed by atoms with Crippen LogP contribution in [0.4, 0.5) is 0 Å². The van der Waals surface area contributed by atoms with E-state index in [-0.39, 0.29) is 17.2 Å². The first-order chi connectivity index (χ1) is 6.43. The van der Waals surface area contributed by atoms with Gasteiger partial charge in [-0.15, -0.1) is 0 Å². The fourth-order valence-corrected chi connectivity index (χ4v) is 1.74. The Labute approximate surface area is 85.1 Å². The summed E-state index contributed by atoms with van der Waals surface area (Å²) in [4.78, 5) is 11.4. The zero-order valence-electron chi connectivity index (χ0n) is 8.95. The van der Waals surface area contributed by atoms with Crippen molar-refractivity contribution in [2.24, 2.45) is 11.1 Å². The smallest absolute Gasteiger partial charge is 0.225 e. The van der Waals surface area contributed by atoms with Crippen molar-refractivity contribution in [1.29, 1.82) is 0 Å². The summed E-state index contributed by atoms with van der Waals surface area (Å²) in [6.07, 6.45) is 0. The fourth-order valence-electron chi connectivity index (χ4n) is 1.74. The van der Waals surface area contributed by atoms with Crippen LogP contribution in [0.15, 0.2) is 30.3 Å². The van der Waals surface area contributed by atoms with Crippen LogP contribution in [0.1, 0.15) is 32.3 Å². The lowest BCUT2D eigenvalue weighted by Gasteiger charge is -2.28. The Bertz CT molecular complexity index is 311. The van der Waals surface area contributed by atoms with Crippen molar-refractivity contribution in [3.05, 3.63) is 35.9 Å². The van der Waals surface area contributed by atoms with E-state index in [1.54, 1.807) is 0 Å². The summed E-state index contributed by atoms with van der Waals surface area (Å²) in [5, 5.41) is 0. The molecule has 0 aliphatic heterocycles. The van der Waals surface area contributed by atoms with E-state index in [0.717, 1.165) is 5.56 Å². The first-order valence-electron chi connectivity index (χ1n) is 4.77. The van der Waals surface area contributed by atoms with Gasteiger partial charge in [0.25, 0.3) is 0 Å². The van der Waals surface area contributed by atoms with E-state index < -0.39 is 0 Å². The molecule has 0 bridgehead atoms. The highest BCUT2D eigenvalue weighted by atomic mass is 16.1. The number of amides is 1. The quantitative estimate of drug-likeness (QED) is 0.765. The van der Waals surface area contributed by atoms with E-state index >= 15 is 0 Å². The lowest BCUT2D eigenvalue weighted by atomic mass is 9.76. The maximum absolute atomic E-state index is 11.4. The summed E-state index contributed by atoms with van der Waals surface area (Å²) in [7, 11) is 0. The number of carbonyl (C=O) groups is 1. The second-order valence-electron chi connectivity index (χ2n) is 4.61. The van der Waals surface area contributed by atoms with Crippen LogP contribution in [0.25, 0.3) is 0 Å². The number of rotatable bonds is 2. The number of hydrogen-bond donors (Lipinski definition) is 1. The van der Waals surface area contributed by atoms with Crippen LogP contribution >= 0.6 is 0 Å². The average molecular weight is 191 g/mol. The molecule has 1 atom stereocenters. The first-order valence-corrected chi connectivity index (χ1v) is 4.77. The third kappa shape index (κ3) is 2.34. The fraction of sp³-hybridized carbons (Fsp3) is 0.417. The third-order valence-electron chi connectivity index (χ3n) is 2.28. The Hall–Kier alpha value is -1.31. The molecule has 14 heavy (non-hydrogen) atoms. The molecule has 1 unspecified atom stereocenters. The molecule has 2 heteroatoms. The summed E-state index contributed by atoms with van der Waals surface area (Å²) in [5.74, 6) is -0.479. The topological polar surface area (TPSA) is 43.1 Å². The predicted molar refractivity (Wildman–Crippen MR) is 57.8 cm³/mol. The Morgan fingerprint density at radius 2 is 1.71 bits per heavy atom. The van der Waals surface area contributed by atoms with Crippen LogP contribution in [-0.4, -0.2) is 5.91 Å². The van der Waals surface area contributed by atoms with Gasteiger partial charge in [-0.1, -0.05) is 51.1 Å². The molecule has 0 saturated heterocycles. The molecular formula is C12H17NO. The van der Waals surface area contributed by atoms with Gasteiger partial charge in [0.2, 0.25) is 5.91 Å². The van der Waals surface area contributed by atoms with Crippen LogP contribution in [-0.2, 0) is 4.79 Å². The van der Waals surface area contributed by atoms with Crippen LogP contribution < -0.4 is 5.73 Å². The minimum Gasteiger partial charge on any atom is -0.369 e. The third-order valence-corrected chi connectivity index (χ3v) is 2.28. The molecule has 76 valence electrons. The van der Waals surface area contributed by atoms with E-state index in [2.05, 4.69) is 0 Å². The SMILES string of the molecule is CC(C)(C)C(C(N)=O)c1ccccc1. The second kappa shape index (κ2) is 3.82. The van der Waals surface area contributed by atoms with E-state index in [1.165, 1.54) is 0 Å². The van der Waals surface area contributed by atoms with Gasteiger partial charge >= 0.3 is 0 Å². The van der Waals surface area contributed by atoms with Crippen molar-refractivity contribution in [2.45, 2.75) is 26.7 Å². The van der Waals surface area contributed by atoms with Gasteiger partial charge < -0.3 is 5.73 Å². The van der Waals surface area contributed by atoms with Gasteiger partial charge in [0.1, 0.15) is 0 Å². The van der Waals surface area contributed by atoms with Crippen LogP contribution in [0.2, 0.25) is 0 Å². The summed E-state index contributed by atoms with van der Waals surface area (Å²) < 4.78 is 0. The van der Waals surface area contributed by atoms with Gasteiger partial charge in [-0.2, -0.15) is 0 Å². The number of benzene rings is 1. The highest BCUT2D eigenvalue weighted by molar-refractivity contribution is 5.82. The predicted octanol–water partition coefficient (Wildman–Crippen LogP) is 2.30. The van der Waals surface area contributed by atoms with E-state index in [4.69, 9.17) is 5.73 Å². The molecule has 0 spiro atoms. The molecule has 0 aliphatic carbocycles. The lowest BCUT2D eigenvalue weighted by molar-refractivity contribution is -0.121. The van der Waals surface area contributed by atoms with Crippen LogP contribution in [0.5, 0.6) is 0 Å². The number of primary amides is 1. The summed E-state index contributed by atoms with van der Waals surface area (Å²) in [5.41, 5.74) is 6.28. The van der Waals surface area contributed by atoms with Crippen molar-refractivity contribution in [3.63, 3.8) is 0 Å². The number of nitrogens with two attached hydrogens (primary N) is 1. The minimum absolute atomic E-state index is 0.132. The average Bonchev–Trinajstić information content (AvgIpc) is 2.02. The molecule has 1 aromatic carbocycles. The molecule has 0 fully saturated rings. The number of carbonyl (C=O) groups excluding carboxylic acids is 1. The van der Waals surface area contributed by atoms with Gasteiger partial charge in [0.15, 0.2) is 0 Å². The largest absolute Gasteiger partial charge is 0.369 e. The second-order valence-corrected chi connectivity index (χ2v) is 4.61. The van der Waals surface area contributed by atoms with Crippen molar-refractivity contribution in [1.82, 2.24) is 0 Å². The van der Waals surface area contributed by atoms with Gasteiger partial charge in [-0.25, -0.2) is 0 Å². The van der Waals surface area contributed by atoms with Crippen LogP contribution in [0, 0.1) is 5.41 Å². The zero-order valence-corrected chi connectivity index (χ0v) is 8.95. The van der Waals surface area contributed by atoms with E-state index in [0.29, 0.717) is 0 Å². The minimum atomic E-state index is -0.260. The molecular weight excluding hydrogens is 174 g/mol. The monoisotopic (exact) mass is 191 g/mol. The Morgan fingerprint density at radius 3 is 2.07 bits per heavy atom. The molecule has 0 heterocycles. The Balaban J connectivity index is 3.08. The molecule has 2 nitrogen and oxygen atoms in total. The molecule has 0 saturated carbocycles. The zero-order chi connectivity index (χ0) is 10.8. The normalized spacial score (nSPS) is 13.6.